The third-order valence-electron chi connectivity index (χ3n) is 5.08. The molecule has 1 aromatic carbocycles. The zero-order valence-electron chi connectivity index (χ0n) is 14.8. The van der Waals surface area contributed by atoms with Crippen LogP contribution in [0.15, 0.2) is 41.8 Å². The molecule has 0 spiro atoms. The Morgan fingerprint density at radius 3 is 2.68 bits per heavy atom. The molecule has 1 fully saturated rings. The molecule has 0 radical (unpaired) electrons. The van der Waals surface area contributed by atoms with Gasteiger partial charge in [0.1, 0.15) is 5.75 Å². The molecule has 1 N–H and O–H groups in total. The average Bonchev–Trinajstić information content (AvgIpc) is 3.34. The Morgan fingerprint density at radius 2 is 2.04 bits per heavy atom. The summed E-state index contributed by atoms with van der Waals surface area (Å²) in [7, 11) is 3.31. The normalized spacial score (nSPS) is 17.2. The number of hydrogen-bond acceptors (Lipinski definition) is 4. The lowest BCUT2D eigenvalue weighted by Gasteiger charge is -2.28. The minimum absolute atomic E-state index is 0.123. The van der Waals surface area contributed by atoms with Crippen molar-refractivity contribution < 1.29 is 14.3 Å². The Balaban J connectivity index is 1.71. The summed E-state index contributed by atoms with van der Waals surface area (Å²) in [5, 5.41) is 5.20. The van der Waals surface area contributed by atoms with E-state index < -0.39 is 0 Å². The fraction of sp³-hybridized carbons (Fsp3) is 0.450. The third kappa shape index (κ3) is 3.72. The van der Waals surface area contributed by atoms with Gasteiger partial charge in [0.2, 0.25) is 5.91 Å². The van der Waals surface area contributed by atoms with Gasteiger partial charge in [0, 0.05) is 18.5 Å². The van der Waals surface area contributed by atoms with Crippen molar-refractivity contribution in [3.8, 4) is 5.75 Å². The van der Waals surface area contributed by atoms with Crippen LogP contribution in [0, 0.1) is 0 Å². The van der Waals surface area contributed by atoms with E-state index in [2.05, 4.69) is 16.8 Å². The minimum Gasteiger partial charge on any atom is -0.497 e. The number of nitrogens with one attached hydrogen (secondary N) is 1. The molecule has 2 aromatic rings. The fourth-order valence-corrected chi connectivity index (χ4v) is 4.63. The number of carbonyl (C=O) groups is 1. The SMILES string of the molecule is COc1cccc([C@H](CNC(=O)C2(c3cccs3)CCCC2)OC)c1. The smallest absolute Gasteiger partial charge is 0.231 e. The highest BCUT2D eigenvalue weighted by atomic mass is 32.1. The lowest BCUT2D eigenvalue weighted by molar-refractivity contribution is -0.127. The summed E-state index contributed by atoms with van der Waals surface area (Å²) in [5.74, 6) is 0.911. The first kappa shape index (κ1) is 18.0. The van der Waals surface area contributed by atoms with Gasteiger partial charge in [0.15, 0.2) is 0 Å². The van der Waals surface area contributed by atoms with Crippen LogP contribution in [0.2, 0.25) is 0 Å². The molecular formula is C20H25NO3S. The lowest BCUT2D eigenvalue weighted by Crippen LogP contribution is -2.43. The summed E-state index contributed by atoms with van der Waals surface area (Å²) in [4.78, 5) is 14.2. The van der Waals surface area contributed by atoms with Gasteiger partial charge >= 0.3 is 0 Å². The number of thiophene rings is 1. The summed E-state index contributed by atoms with van der Waals surface area (Å²) in [5.41, 5.74) is 0.639. The number of rotatable bonds is 7. The largest absolute Gasteiger partial charge is 0.497 e. The zero-order valence-corrected chi connectivity index (χ0v) is 15.6. The van der Waals surface area contributed by atoms with Crippen LogP contribution in [0.5, 0.6) is 5.75 Å². The molecule has 1 aliphatic rings. The van der Waals surface area contributed by atoms with Crippen LogP contribution in [-0.2, 0) is 14.9 Å². The first-order valence-electron chi connectivity index (χ1n) is 8.68. The van der Waals surface area contributed by atoms with Crippen LogP contribution in [0.4, 0.5) is 0 Å². The van der Waals surface area contributed by atoms with Crippen molar-refractivity contribution in [1.82, 2.24) is 5.32 Å². The number of hydrogen-bond donors (Lipinski definition) is 1. The van der Waals surface area contributed by atoms with Crippen molar-refractivity contribution in [3.63, 3.8) is 0 Å². The predicted molar refractivity (Wildman–Crippen MR) is 100 cm³/mol. The Hall–Kier alpha value is -1.85. The van der Waals surface area contributed by atoms with Gasteiger partial charge in [-0.05, 0) is 42.0 Å². The zero-order chi connectivity index (χ0) is 17.7. The first-order valence-corrected chi connectivity index (χ1v) is 9.56. The van der Waals surface area contributed by atoms with Crippen LogP contribution in [0.3, 0.4) is 0 Å². The standard InChI is InChI=1S/C20H25NO3S/c1-23-16-8-5-7-15(13-16)17(24-2)14-21-19(22)20(10-3-4-11-20)18-9-6-12-25-18/h5-9,12-13,17H,3-4,10-11,14H2,1-2H3,(H,21,22)/t17-/m0/s1. The molecule has 1 aliphatic carbocycles. The first-order chi connectivity index (χ1) is 12.2. The minimum atomic E-state index is -0.360. The van der Waals surface area contributed by atoms with Gasteiger partial charge in [-0.25, -0.2) is 0 Å². The van der Waals surface area contributed by atoms with Gasteiger partial charge < -0.3 is 14.8 Å². The van der Waals surface area contributed by atoms with E-state index in [4.69, 9.17) is 9.47 Å². The van der Waals surface area contributed by atoms with Crippen LogP contribution in [-0.4, -0.2) is 26.7 Å². The van der Waals surface area contributed by atoms with Gasteiger partial charge in [-0.2, -0.15) is 0 Å². The van der Waals surface area contributed by atoms with Gasteiger partial charge in [-0.15, -0.1) is 11.3 Å². The highest BCUT2D eigenvalue weighted by molar-refractivity contribution is 7.10. The van der Waals surface area contributed by atoms with E-state index in [0.29, 0.717) is 6.54 Å². The maximum atomic E-state index is 13.1. The molecule has 1 saturated carbocycles. The van der Waals surface area contributed by atoms with Crippen molar-refractivity contribution in [1.29, 1.82) is 0 Å². The number of amides is 1. The lowest BCUT2D eigenvalue weighted by atomic mass is 9.83. The molecule has 4 nitrogen and oxygen atoms in total. The molecule has 5 heteroatoms. The summed E-state index contributed by atoms with van der Waals surface area (Å²) < 4.78 is 10.9. The maximum Gasteiger partial charge on any atom is 0.231 e. The van der Waals surface area contributed by atoms with E-state index >= 15 is 0 Å². The quantitative estimate of drug-likeness (QED) is 0.810. The topological polar surface area (TPSA) is 47.6 Å². The van der Waals surface area contributed by atoms with Gasteiger partial charge in [-0.3, -0.25) is 4.79 Å². The van der Waals surface area contributed by atoms with E-state index in [1.54, 1.807) is 25.6 Å². The van der Waals surface area contributed by atoms with E-state index in [0.717, 1.165) is 37.0 Å². The maximum absolute atomic E-state index is 13.1. The van der Waals surface area contributed by atoms with E-state index in [1.807, 2.05) is 30.3 Å². The van der Waals surface area contributed by atoms with E-state index in [1.165, 1.54) is 4.88 Å². The Bertz CT molecular complexity index is 693. The third-order valence-corrected chi connectivity index (χ3v) is 6.16. The summed E-state index contributed by atoms with van der Waals surface area (Å²) in [6.45, 7) is 0.454. The fourth-order valence-electron chi connectivity index (χ4n) is 3.65. The van der Waals surface area contributed by atoms with Crippen molar-refractivity contribution in [3.05, 3.63) is 52.2 Å². The second-order valence-corrected chi connectivity index (χ2v) is 7.43. The Kier molecular flexibility index (Phi) is 5.76. The van der Waals surface area contributed by atoms with Crippen LogP contribution in [0.25, 0.3) is 0 Å². The van der Waals surface area contributed by atoms with Crippen molar-refractivity contribution >= 4 is 17.2 Å². The summed E-state index contributed by atoms with van der Waals surface area (Å²) >= 11 is 1.68. The highest BCUT2D eigenvalue weighted by Crippen LogP contribution is 2.43. The predicted octanol–water partition coefficient (Wildman–Crippen LogP) is 4.07. The molecule has 0 aliphatic heterocycles. The Labute approximate surface area is 153 Å². The number of ether oxygens (including phenoxy) is 2. The molecular weight excluding hydrogens is 334 g/mol. The van der Waals surface area contributed by atoms with Crippen molar-refractivity contribution in [2.45, 2.75) is 37.2 Å². The second-order valence-electron chi connectivity index (χ2n) is 6.48. The average molecular weight is 359 g/mol. The molecule has 1 heterocycles. The monoisotopic (exact) mass is 359 g/mol. The van der Waals surface area contributed by atoms with Crippen LogP contribution in [0.1, 0.15) is 42.2 Å². The molecule has 0 bridgehead atoms. The van der Waals surface area contributed by atoms with Crippen molar-refractivity contribution in [2.75, 3.05) is 20.8 Å². The molecule has 1 amide bonds. The van der Waals surface area contributed by atoms with Crippen LogP contribution < -0.4 is 10.1 Å². The van der Waals surface area contributed by atoms with E-state index in [-0.39, 0.29) is 17.4 Å². The molecule has 0 unspecified atom stereocenters. The molecule has 1 atom stereocenters. The van der Waals surface area contributed by atoms with Crippen molar-refractivity contribution in [2.24, 2.45) is 0 Å². The number of benzene rings is 1. The summed E-state index contributed by atoms with van der Waals surface area (Å²) in [6, 6.07) is 11.9. The summed E-state index contributed by atoms with van der Waals surface area (Å²) in [6.07, 6.45) is 3.87. The van der Waals surface area contributed by atoms with Gasteiger partial charge in [0.05, 0.1) is 18.6 Å². The number of carbonyl (C=O) groups excluding carboxylic acids is 1. The van der Waals surface area contributed by atoms with Gasteiger partial charge in [-0.1, -0.05) is 31.0 Å². The molecule has 1 aromatic heterocycles. The molecule has 3 rings (SSSR count). The molecule has 0 saturated heterocycles. The highest BCUT2D eigenvalue weighted by Gasteiger charge is 2.43. The number of methoxy groups -OCH3 is 2. The second kappa shape index (κ2) is 8.02. The molecule has 134 valence electrons. The van der Waals surface area contributed by atoms with Gasteiger partial charge in [0.25, 0.3) is 0 Å². The van der Waals surface area contributed by atoms with E-state index in [9.17, 15) is 4.79 Å². The van der Waals surface area contributed by atoms with Crippen LogP contribution >= 0.6 is 11.3 Å². The Morgan fingerprint density at radius 1 is 1.24 bits per heavy atom. The molecule has 25 heavy (non-hydrogen) atoms.